The number of anilines is 4. The third-order valence-corrected chi connectivity index (χ3v) is 13.5. The quantitative estimate of drug-likeness (QED) is 0.300. The molecule has 5 nitrogen and oxygen atoms in total. The van der Waals surface area contributed by atoms with E-state index in [1.807, 2.05) is 0 Å². The van der Waals surface area contributed by atoms with Gasteiger partial charge in [0.15, 0.2) is 0 Å². The summed E-state index contributed by atoms with van der Waals surface area (Å²) in [4.78, 5) is 5.18. The molecular formula is C29H37N5Sn2. The molecule has 2 aliphatic heterocycles. The van der Waals surface area contributed by atoms with Gasteiger partial charge < -0.3 is 0 Å². The Morgan fingerprint density at radius 1 is 0.528 bits per heavy atom. The first-order chi connectivity index (χ1) is 17.1. The first-order valence-electron chi connectivity index (χ1n) is 12.8. The van der Waals surface area contributed by atoms with E-state index in [1.54, 1.807) is 0 Å². The summed E-state index contributed by atoms with van der Waals surface area (Å²) in [5, 5.41) is 0. The Bertz CT molecular complexity index is 1130. The molecule has 4 radical (unpaired) electrons. The molecule has 0 unspecified atom stereocenters. The van der Waals surface area contributed by atoms with E-state index < -0.39 is 43.4 Å². The van der Waals surface area contributed by atoms with Gasteiger partial charge >= 0.3 is 240 Å². The average molecular weight is 693 g/mol. The molecule has 0 fully saturated rings. The Morgan fingerprint density at radius 3 is 1.25 bits per heavy atom. The van der Waals surface area contributed by atoms with E-state index in [4.69, 9.17) is 4.98 Å². The van der Waals surface area contributed by atoms with Gasteiger partial charge in [0, 0.05) is 0 Å². The van der Waals surface area contributed by atoms with E-state index in [0.717, 1.165) is 26.2 Å². The summed E-state index contributed by atoms with van der Waals surface area (Å²) >= 11 is -1.84. The van der Waals surface area contributed by atoms with Gasteiger partial charge in [0.1, 0.15) is 0 Å². The van der Waals surface area contributed by atoms with Crippen LogP contribution in [0.5, 0.6) is 0 Å². The topological polar surface area (TPSA) is 25.9 Å². The molecule has 1 aromatic heterocycles. The Labute approximate surface area is 238 Å². The minimum absolute atomic E-state index is 0.291. The predicted molar refractivity (Wildman–Crippen MR) is 155 cm³/mol. The van der Waals surface area contributed by atoms with Gasteiger partial charge in [-0.15, -0.1) is 0 Å². The second-order valence-electron chi connectivity index (χ2n) is 12.3. The summed E-state index contributed by atoms with van der Waals surface area (Å²) in [6.07, 6.45) is 0. The summed E-state index contributed by atoms with van der Waals surface area (Å²) < 4.78 is 10.6. The van der Waals surface area contributed by atoms with Crippen LogP contribution in [0.1, 0.15) is 52.9 Å². The van der Waals surface area contributed by atoms with Crippen LogP contribution in [0.4, 0.5) is 22.7 Å². The molecule has 0 atom stereocenters. The van der Waals surface area contributed by atoms with Crippen LogP contribution in [0.2, 0.25) is 0 Å². The van der Waals surface area contributed by atoms with Crippen molar-refractivity contribution in [2.75, 3.05) is 25.6 Å². The van der Waals surface area contributed by atoms with Gasteiger partial charge in [-0.3, -0.25) is 0 Å². The zero-order valence-corrected chi connectivity index (χ0v) is 28.1. The van der Waals surface area contributed by atoms with Gasteiger partial charge in [-0.05, 0) is 0 Å². The Morgan fingerprint density at radius 2 is 0.889 bits per heavy atom. The van der Waals surface area contributed by atoms with Crippen LogP contribution in [-0.2, 0) is 13.1 Å². The fourth-order valence-corrected chi connectivity index (χ4v) is 14.3. The number of aromatic nitrogens is 1. The van der Waals surface area contributed by atoms with Crippen LogP contribution >= 0.6 is 0 Å². The van der Waals surface area contributed by atoms with Crippen LogP contribution in [0.25, 0.3) is 0 Å². The predicted octanol–water partition coefficient (Wildman–Crippen LogP) is 5.90. The fraction of sp³-hybridized carbons (Fsp3) is 0.414. The van der Waals surface area contributed by atoms with Gasteiger partial charge in [0.25, 0.3) is 0 Å². The van der Waals surface area contributed by atoms with Crippen molar-refractivity contribution in [2.24, 2.45) is 10.8 Å². The molecule has 2 aromatic carbocycles. The Hall–Kier alpha value is -1.61. The molecule has 0 spiro atoms. The van der Waals surface area contributed by atoms with Gasteiger partial charge in [0.2, 0.25) is 0 Å². The summed E-state index contributed by atoms with van der Waals surface area (Å²) in [6, 6.07) is 24.5. The Kier molecular flexibility index (Phi) is 7.42. The van der Waals surface area contributed by atoms with Crippen molar-refractivity contribution in [1.29, 1.82) is 0 Å². The van der Waals surface area contributed by atoms with Crippen molar-refractivity contribution in [3.05, 3.63) is 78.1 Å². The van der Waals surface area contributed by atoms with E-state index >= 15 is 0 Å². The molecule has 186 valence electrons. The number of benzene rings is 2. The van der Waals surface area contributed by atoms with Crippen molar-refractivity contribution in [1.82, 2.24) is 4.98 Å². The number of para-hydroxylation sites is 4. The summed E-state index contributed by atoms with van der Waals surface area (Å²) in [5.74, 6) is 0. The summed E-state index contributed by atoms with van der Waals surface area (Å²) in [5.41, 5.74) is 8.56. The molecule has 0 saturated carbocycles. The molecule has 0 bridgehead atoms. The molecule has 0 amide bonds. The van der Waals surface area contributed by atoms with E-state index in [0.29, 0.717) is 10.8 Å². The van der Waals surface area contributed by atoms with Crippen LogP contribution < -0.4 is 12.5 Å². The third-order valence-electron chi connectivity index (χ3n) is 6.18. The summed E-state index contributed by atoms with van der Waals surface area (Å²) in [7, 11) is 0. The van der Waals surface area contributed by atoms with Gasteiger partial charge in [-0.2, -0.15) is 0 Å². The van der Waals surface area contributed by atoms with Crippen molar-refractivity contribution in [2.45, 2.75) is 54.6 Å². The molecule has 0 N–H and O–H groups in total. The first kappa shape index (κ1) is 26.0. The van der Waals surface area contributed by atoms with Crippen molar-refractivity contribution in [3.63, 3.8) is 0 Å². The summed E-state index contributed by atoms with van der Waals surface area (Å²) in [6.45, 7) is 18.1. The van der Waals surface area contributed by atoms with Gasteiger partial charge in [0.05, 0.1) is 0 Å². The number of hydrogen-bond donors (Lipinski definition) is 0. The van der Waals surface area contributed by atoms with Crippen LogP contribution in [0.3, 0.4) is 0 Å². The zero-order valence-electron chi connectivity index (χ0n) is 22.4. The van der Waals surface area contributed by atoms with E-state index in [2.05, 4.69) is 121 Å². The Balaban J connectivity index is 1.32. The number of fused-ring (bicyclic) bond motifs is 2. The second-order valence-corrected chi connectivity index (χ2v) is 19.6. The second kappa shape index (κ2) is 10.3. The molecule has 5 rings (SSSR count). The zero-order chi connectivity index (χ0) is 25.5. The molecule has 3 aromatic rings. The van der Waals surface area contributed by atoms with E-state index in [1.165, 1.54) is 34.1 Å². The normalized spacial score (nSPS) is 15.5. The SMILES string of the molecule is CC(C)(C)C[N]1[Sn][N](Cc2cccc(C[N]3[Sn][N](CC(C)(C)C)c4ccccc43)n2)c2ccccc21. The van der Waals surface area contributed by atoms with E-state index in [9.17, 15) is 0 Å². The first-order valence-corrected chi connectivity index (χ1v) is 17.9. The van der Waals surface area contributed by atoms with Crippen molar-refractivity contribution >= 4 is 66.1 Å². The van der Waals surface area contributed by atoms with E-state index in [-0.39, 0.29) is 0 Å². The molecule has 7 heteroatoms. The number of hydrogen-bond acceptors (Lipinski definition) is 5. The van der Waals surface area contributed by atoms with Crippen LogP contribution in [0.15, 0.2) is 66.7 Å². The fourth-order valence-electron chi connectivity index (χ4n) is 4.81. The monoisotopic (exact) mass is 695 g/mol. The number of rotatable bonds is 6. The maximum atomic E-state index is 5.18. The maximum absolute atomic E-state index is 5.18. The average Bonchev–Trinajstić information content (AvgIpc) is 3.30. The molecule has 2 aliphatic rings. The number of pyridine rings is 1. The van der Waals surface area contributed by atoms with Crippen molar-refractivity contribution in [3.8, 4) is 0 Å². The molecule has 0 aliphatic carbocycles. The van der Waals surface area contributed by atoms with Crippen LogP contribution in [-0.4, -0.2) is 61.5 Å². The third kappa shape index (κ3) is 6.09. The molecule has 3 heterocycles. The van der Waals surface area contributed by atoms with Gasteiger partial charge in [-0.25, -0.2) is 0 Å². The van der Waals surface area contributed by atoms with Gasteiger partial charge in [-0.1, -0.05) is 0 Å². The van der Waals surface area contributed by atoms with Crippen molar-refractivity contribution < 1.29 is 0 Å². The minimum atomic E-state index is -0.919. The molecule has 0 saturated heterocycles. The molecular weight excluding hydrogens is 656 g/mol. The van der Waals surface area contributed by atoms with Crippen LogP contribution in [0, 0.1) is 10.8 Å². The molecule has 36 heavy (non-hydrogen) atoms. The number of nitrogens with zero attached hydrogens (tertiary/aromatic N) is 5. The standard InChI is InChI=1S/C29H37N5.2Sn/c1-28(2,3)20-32-26-16-9-7-14-24(26)30-18-22-12-11-13-23(34-22)19-31-25-15-8-10-17-27(25)33-21-29(4,5)6;;/h7-17H,18-21H2,1-6H3;;/q-4;2*+2.